The maximum atomic E-state index is 12.4. The zero-order valence-corrected chi connectivity index (χ0v) is 19.1. The van der Waals surface area contributed by atoms with Gasteiger partial charge in [0, 0.05) is 44.1 Å². The van der Waals surface area contributed by atoms with Crippen LogP contribution in [-0.4, -0.2) is 34.9 Å². The molecule has 32 heavy (non-hydrogen) atoms. The van der Waals surface area contributed by atoms with Crippen LogP contribution < -0.4 is 5.32 Å². The van der Waals surface area contributed by atoms with Crippen molar-refractivity contribution in [1.82, 2.24) is 15.2 Å². The molecule has 5 nitrogen and oxygen atoms in total. The van der Waals surface area contributed by atoms with Gasteiger partial charge in [0.15, 0.2) is 11.7 Å². The van der Waals surface area contributed by atoms with Crippen LogP contribution in [0, 0.1) is 0 Å². The van der Waals surface area contributed by atoms with Gasteiger partial charge in [-0.2, -0.15) is 0 Å². The Labute approximate surface area is 190 Å². The number of aryl methyl sites for hydroxylation is 1. The number of carbonyl (C=O) groups is 1. The van der Waals surface area contributed by atoms with Crippen LogP contribution in [0.5, 0.6) is 0 Å². The lowest BCUT2D eigenvalue weighted by atomic mass is 10.0. The van der Waals surface area contributed by atoms with Crippen LogP contribution in [0.4, 0.5) is 0 Å². The number of nitrogens with zero attached hydrogens (tertiary/aromatic N) is 2. The van der Waals surface area contributed by atoms with Gasteiger partial charge < -0.3 is 9.73 Å². The lowest BCUT2D eigenvalue weighted by Crippen LogP contribution is -2.44. The fraction of sp³-hybridized carbons (Fsp3) is 0.407. The van der Waals surface area contributed by atoms with Crippen molar-refractivity contribution in [2.45, 2.75) is 58.0 Å². The molecule has 2 heterocycles. The lowest BCUT2D eigenvalue weighted by molar-refractivity contribution is -0.122. The van der Waals surface area contributed by atoms with Crippen LogP contribution >= 0.6 is 0 Å². The van der Waals surface area contributed by atoms with Crippen LogP contribution in [0.2, 0.25) is 0 Å². The van der Waals surface area contributed by atoms with Crippen LogP contribution in [0.3, 0.4) is 0 Å². The quantitative estimate of drug-likeness (QED) is 0.534. The van der Waals surface area contributed by atoms with E-state index in [4.69, 9.17) is 4.42 Å². The van der Waals surface area contributed by atoms with Gasteiger partial charge in [0.05, 0.1) is 6.20 Å². The van der Waals surface area contributed by atoms with E-state index in [0.29, 0.717) is 24.7 Å². The predicted molar refractivity (Wildman–Crippen MR) is 127 cm³/mol. The Morgan fingerprint density at radius 1 is 1.09 bits per heavy atom. The summed E-state index contributed by atoms with van der Waals surface area (Å²) in [7, 11) is 0. The minimum atomic E-state index is 0.0764. The second-order valence-electron chi connectivity index (χ2n) is 9.00. The maximum absolute atomic E-state index is 12.4. The van der Waals surface area contributed by atoms with Gasteiger partial charge in [-0.15, -0.1) is 0 Å². The molecule has 2 aromatic carbocycles. The minimum absolute atomic E-state index is 0.0764. The van der Waals surface area contributed by atoms with Gasteiger partial charge in [0.2, 0.25) is 5.91 Å². The fourth-order valence-corrected chi connectivity index (χ4v) is 4.19. The van der Waals surface area contributed by atoms with Gasteiger partial charge in [0.1, 0.15) is 0 Å². The molecule has 0 aliphatic carbocycles. The Morgan fingerprint density at radius 3 is 2.50 bits per heavy atom. The standard InChI is InChI=1S/C27H33N3O2/c1-20(2)22-8-10-23(11-9-22)25-18-28-27(32-25)13-12-26(31)29-24-14-16-30(17-15-24)19-21-6-4-3-5-7-21/h3-11,18,20,24H,12-17,19H2,1-2H3,(H,29,31). The van der Waals surface area contributed by atoms with Gasteiger partial charge in [-0.3, -0.25) is 9.69 Å². The highest BCUT2D eigenvalue weighted by Crippen LogP contribution is 2.24. The van der Waals surface area contributed by atoms with E-state index in [0.717, 1.165) is 43.8 Å². The molecule has 1 amide bonds. The Balaban J connectivity index is 1.19. The third-order valence-electron chi connectivity index (χ3n) is 6.18. The summed E-state index contributed by atoms with van der Waals surface area (Å²) in [5.41, 5.74) is 3.66. The molecule has 0 radical (unpaired) electrons. The van der Waals surface area contributed by atoms with Crippen LogP contribution in [0.25, 0.3) is 11.3 Å². The lowest BCUT2D eigenvalue weighted by Gasteiger charge is -2.32. The predicted octanol–water partition coefficient (Wildman–Crippen LogP) is 5.18. The normalized spacial score (nSPS) is 15.2. The highest BCUT2D eigenvalue weighted by molar-refractivity contribution is 5.76. The molecule has 1 fully saturated rings. The summed E-state index contributed by atoms with van der Waals surface area (Å²) < 4.78 is 5.88. The molecule has 1 aliphatic heterocycles. The van der Waals surface area contributed by atoms with Gasteiger partial charge >= 0.3 is 0 Å². The third-order valence-corrected chi connectivity index (χ3v) is 6.18. The number of hydrogen-bond donors (Lipinski definition) is 1. The summed E-state index contributed by atoms with van der Waals surface area (Å²) in [4.78, 5) is 19.3. The molecule has 3 aromatic rings. The van der Waals surface area contributed by atoms with Crippen LogP contribution in [-0.2, 0) is 17.8 Å². The summed E-state index contributed by atoms with van der Waals surface area (Å²) in [6.07, 6.45) is 4.65. The Bertz CT molecular complexity index is 987. The highest BCUT2D eigenvalue weighted by Gasteiger charge is 2.21. The number of likely N-dealkylation sites (tertiary alicyclic amines) is 1. The van der Waals surface area contributed by atoms with Crippen molar-refractivity contribution in [3.05, 3.63) is 77.8 Å². The smallest absolute Gasteiger partial charge is 0.220 e. The highest BCUT2D eigenvalue weighted by atomic mass is 16.4. The second kappa shape index (κ2) is 10.6. The number of rotatable bonds is 8. The zero-order valence-electron chi connectivity index (χ0n) is 19.1. The molecule has 4 rings (SSSR count). The number of piperidine rings is 1. The fourth-order valence-electron chi connectivity index (χ4n) is 4.19. The number of aromatic nitrogens is 1. The van der Waals surface area contributed by atoms with Crippen molar-refractivity contribution in [2.75, 3.05) is 13.1 Å². The molecule has 0 spiro atoms. The first kappa shape index (κ1) is 22.3. The van der Waals surface area contributed by atoms with E-state index in [9.17, 15) is 4.79 Å². The number of nitrogens with one attached hydrogen (secondary N) is 1. The largest absolute Gasteiger partial charge is 0.441 e. The summed E-state index contributed by atoms with van der Waals surface area (Å²) in [6, 6.07) is 19.2. The molecule has 1 aliphatic rings. The van der Waals surface area contributed by atoms with E-state index in [-0.39, 0.29) is 11.9 Å². The summed E-state index contributed by atoms with van der Waals surface area (Å²) >= 11 is 0. The second-order valence-corrected chi connectivity index (χ2v) is 9.00. The summed E-state index contributed by atoms with van der Waals surface area (Å²) in [5, 5.41) is 3.19. The topological polar surface area (TPSA) is 58.4 Å². The Morgan fingerprint density at radius 2 is 1.81 bits per heavy atom. The molecule has 168 valence electrons. The van der Waals surface area contributed by atoms with E-state index >= 15 is 0 Å². The third kappa shape index (κ3) is 6.07. The number of benzene rings is 2. The van der Waals surface area contributed by atoms with Gasteiger partial charge in [-0.25, -0.2) is 4.98 Å². The average molecular weight is 432 g/mol. The van der Waals surface area contributed by atoms with Crippen LogP contribution in [0.15, 0.2) is 65.2 Å². The molecule has 0 atom stereocenters. The molecule has 0 bridgehead atoms. The van der Waals surface area contributed by atoms with Gasteiger partial charge in [-0.1, -0.05) is 68.4 Å². The first-order valence-electron chi connectivity index (χ1n) is 11.7. The first-order valence-corrected chi connectivity index (χ1v) is 11.7. The summed E-state index contributed by atoms with van der Waals surface area (Å²) in [5.74, 6) is 1.94. The molecule has 1 saturated heterocycles. The Kier molecular flexibility index (Phi) is 7.38. The SMILES string of the molecule is CC(C)c1ccc(-c2cnc(CCC(=O)NC3CCN(Cc4ccccc4)CC3)o2)cc1. The molecular formula is C27H33N3O2. The molecule has 1 aromatic heterocycles. The van der Waals surface area contributed by atoms with Crippen LogP contribution in [0.1, 0.15) is 56.0 Å². The first-order chi connectivity index (χ1) is 15.6. The van der Waals surface area contributed by atoms with E-state index in [1.54, 1.807) is 6.20 Å². The molecule has 0 saturated carbocycles. The maximum Gasteiger partial charge on any atom is 0.220 e. The van der Waals surface area contributed by atoms with E-state index in [2.05, 4.69) is 77.6 Å². The zero-order chi connectivity index (χ0) is 22.3. The number of hydrogen-bond acceptors (Lipinski definition) is 4. The van der Waals surface area contributed by atoms with E-state index in [1.165, 1.54) is 11.1 Å². The molecular weight excluding hydrogens is 398 g/mol. The van der Waals surface area contributed by atoms with Crippen molar-refractivity contribution >= 4 is 5.91 Å². The minimum Gasteiger partial charge on any atom is -0.441 e. The van der Waals surface area contributed by atoms with Crippen molar-refractivity contribution in [1.29, 1.82) is 0 Å². The van der Waals surface area contributed by atoms with Crippen molar-refractivity contribution < 1.29 is 9.21 Å². The van der Waals surface area contributed by atoms with Crippen molar-refractivity contribution in [3.63, 3.8) is 0 Å². The summed E-state index contributed by atoms with van der Waals surface area (Å²) in [6.45, 7) is 7.37. The van der Waals surface area contributed by atoms with Gasteiger partial charge in [-0.05, 0) is 29.9 Å². The molecule has 1 N–H and O–H groups in total. The van der Waals surface area contributed by atoms with E-state index < -0.39 is 0 Å². The molecule has 5 heteroatoms. The Hall–Kier alpha value is -2.92. The van der Waals surface area contributed by atoms with Crippen molar-refractivity contribution in [3.8, 4) is 11.3 Å². The average Bonchev–Trinajstić information content (AvgIpc) is 3.29. The molecule has 0 unspecified atom stereocenters. The number of carbonyl (C=O) groups excluding carboxylic acids is 1. The number of amides is 1. The monoisotopic (exact) mass is 431 g/mol. The number of oxazole rings is 1. The van der Waals surface area contributed by atoms with Crippen molar-refractivity contribution in [2.24, 2.45) is 0 Å². The van der Waals surface area contributed by atoms with Gasteiger partial charge in [0.25, 0.3) is 0 Å². The van der Waals surface area contributed by atoms with E-state index in [1.807, 2.05) is 6.07 Å².